The lowest BCUT2D eigenvalue weighted by molar-refractivity contribution is -0.160. The number of carbonyl (C=O) groups is 2. The second kappa shape index (κ2) is 12.1. The van der Waals surface area contributed by atoms with Crippen LogP contribution in [0.5, 0.6) is 11.5 Å². The van der Waals surface area contributed by atoms with Crippen LogP contribution in [0, 0.1) is 15.2 Å². The van der Waals surface area contributed by atoms with Crippen molar-refractivity contribution < 1.29 is 46.1 Å². The summed E-state index contributed by atoms with van der Waals surface area (Å²) in [6, 6.07) is 9.85. The van der Waals surface area contributed by atoms with Crippen molar-refractivity contribution in [3.05, 3.63) is 86.2 Å². The first-order chi connectivity index (χ1) is 21.2. The third-order valence-corrected chi connectivity index (χ3v) is 8.87. The molecule has 1 unspecified atom stereocenters. The molecular weight excluding hydrogens is 716 g/mol. The van der Waals surface area contributed by atoms with Crippen molar-refractivity contribution in [2.75, 3.05) is 26.1 Å². The van der Waals surface area contributed by atoms with E-state index >= 15 is 0 Å². The molecule has 1 fully saturated rings. The Morgan fingerprint density at radius 3 is 2.47 bits per heavy atom. The molecule has 0 bridgehead atoms. The smallest absolute Gasteiger partial charge is 0.416 e. The van der Waals surface area contributed by atoms with E-state index in [1.165, 1.54) is 43.5 Å². The van der Waals surface area contributed by atoms with Crippen molar-refractivity contribution in [3.63, 3.8) is 0 Å². The molecule has 45 heavy (non-hydrogen) atoms. The molecule has 238 valence electrons. The molecule has 5 rings (SSSR count). The molecule has 2 aliphatic rings. The summed E-state index contributed by atoms with van der Waals surface area (Å²) in [5.41, 5.74) is -3.14. The number of rotatable bonds is 7. The predicted molar refractivity (Wildman–Crippen MR) is 162 cm³/mol. The van der Waals surface area contributed by atoms with Gasteiger partial charge in [-0.05, 0) is 72.7 Å². The van der Waals surface area contributed by atoms with E-state index in [1.807, 2.05) is 0 Å². The number of hydrazine groups is 1. The maximum atomic E-state index is 14.9. The molecule has 3 aromatic carbocycles. The van der Waals surface area contributed by atoms with Crippen molar-refractivity contribution in [3.8, 4) is 22.6 Å². The van der Waals surface area contributed by atoms with Crippen LogP contribution in [0.25, 0.3) is 11.1 Å². The maximum absolute atomic E-state index is 14.9. The summed E-state index contributed by atoms with van der Waals surface area (Å²) in [5.74, 6) is -4.56. The van der Waals surface area contributed by atoms with Crippen LogP contribution in [0.1, 0.15) is 30.9 Å². The van der Waals surface area contributed by atoms with Gasteiger partial charge in [0, 0.05) is 28.9 Å². The van der Waals surface area contributed by atoms with Crippen LogP contribution in [-0.4, -0.2) is 53.2 Å². The minimum Gasteiger partial charge on any atom is -0.509 e. The van der Waals surface area contributed by atoms with Gasteiger partial charge in [-0.1, -0.05) is 18.2 Å². The highest BCUT2D eigenvalue weighted by Gasteiger charge is 2.52. The number of halogens is 6. The third kappa shape index (κ3) is 5.69. The van der Waals surface area contributed by atoms with Gasteiger partial charge >= 0.3 is 6.18 Å². The minimum absolute atomic E-state index is 0.0439. The number of fused-ring (bicyclic) bond motifs is 1. The lowest BCUT2D eigenvalue weighted by atomic mass is 9.90. The lowest BCUT2D eigenvalue weighted by Gasteiger charge is -2.46. The second-order valence-electron chi connectivity index (χ2n) is 10.7. The maximum Gasteiger partial charge on any atom is 0.416 e. The number of carbonyl (C=O) groups excluding carboxylic acids is 2. The van der Waals surface area contributed by atoms with Gasteiger partial charge in [0.05, 0.1) is 35.4 Å². The monoisotopic (exact) mass is 743 g/mol. The highest BCUT2D eigenvalue weighted by atomic mass is 127. The summed E-state index contributed by atoms with van der Waals surface area (Å²) in [7, 11) is 2.66. The van der Waals surface area contributed by atoms with Crippen LogP contribution in [0.15, 0.2) is 59.9 Å². The number of nitrogens with one attached hydrogen (secondary N) is 1. The molecule has 1 atom stereocenters. The van der Waals surface area contributed by atoms with Gasteiger partial charge in [-0.25, -0.2) is 13.8 Å². The Kier molecular flexibility index (Phi) is 8.74. The molecule has 1 saturated heterocycles. The highest BCUT2D eigenvalue weighted by molar-refractivity contribution is 14.1. The van der Waals surface area contributed by atoms with Crippen molar-refractivity contribution in [2.24, 2.45) is 0 Å². The molecule has 3 aromatic rings. The van der Waals surface area contributed by atoms with Gasteiger partial charge in [-0.3, -0.25) is 14.6 Å². The molecule has 14 heteroatoms. The Bertz CT molecular complexity index is 1730. The van der Waals surface area contributed by atoms with Crippen molar-refractivity contribution >= 4 is 40.1 Å². The number of anilines is 1. The van der Waals surface area contributed by atoms with Gasteiger partial charge < -0.3 is 19.9 Å². The average molecular weight is 743 g/mol. The Labute approximate surface area is 268 Å². The van der Waals surface area contributed by atoms with E-state index in [0.29, 0.717) is 12.8 Å². The first-order valence-corrected chi connectivity index (χ1v) is 14.7. The van der Waals surface area contributed by atoms with Crippen molar-refractivity contribution in [1.29, 1.82) is 0 Å². The van der Waals surface area contributed by atoms with Crippen LogP contribution in [0.3, 0.4) is 0 Å². The fraction of sp³-hybridized carbons (Fsp3) is 0.290. The third-order valence-electron chi connectivity index (χ3n) is 8.04. The summed E-state index contributed by atoms with van der Waals surface area (Å²) in [6.45, 7) is 1.46. The van der Waals surface area contributed by atoms with E-state index in [9.17, 15) is 36.6 Å². The molecule has 2 heterocycles. The van der Waals surface area contributed by atoms with Crippen LogP contribution < -0.4 is 14.8 Å². The number of benzene rings is 3. The number of methoxy groups -OCH3 is 2. The Morgan fingerprint density at radius 2 is 1.80 bits per heavy atom. The van der Waals surface area contributed by atoms with Gasteiger partial charge in [-0.2, -0.15) is 13.2 Å². The highest BCUT2D eigenvalue weighted by Crippen LogP contribution is 2.45. The van der Waals surface area contributed by atoms with E-state index in [1.54, 1.807) is 35.6 Å². The zero-order valence-electron chi connectivity index (χ0n) is 24.2. The number of para-hydroxylation sites is 1. The summed E-state index contributed by atoms with van der Waals surface area (Å²) in [4.78, 5) is 27.7. The topological polar surface area (TPSA) is 91.3 Å². The van der Waals surface area contributed by atoms with Crippen molar-refractivity contribution in [1.82, 2.24) is 10.0 Å². The molecule has 0 radical (unpaired) electrons. The fourth-order valence-corrected chi connectivity index (χ4v) is 6.15. The largest absolute Gasteiger partial charge is 0.509 e. The zero-order valence-corrected chi connectivity index (χ0v) is 26.3. The van der Waals surface area contributed by atoms with E-state index in [-0.39, 0.29) is 44.0 Å². The molecule has 0 aromatic heterocycles. The number of aliphatic hydroxyl groups excluding tert-OH is 1. The quantitative estimate of drug-likeness (QED) is 0.119. The molecule has 0 aliphatic carbocycles. The minimum atomic E-state index is -4.73. The first-order valence-electron chi connectivity index (χ1n) is 13.6. The van der Waals surface area contributed by atoms with Crippen LogP contribution in [-0.2, 0) is 22.3 Å². The number of hydrogen-bond donors (Lipinski definition) is 2. The average Bonchev–Trinajstić information content (AvgIpc) is 3.41. The van der Waals surface area contributed by atoms with Gasteiger partial charge in [0.15, 0.2) is 23.1 Å². The van der Waals surface area contributed by atoms with Crippen molar-refractivity contribution in [2.45, 2.75) is 38.0 Å². The Hall–Kier alpha value is -3.92. The van der Waals surface area contributed by atoms with E-state index in [2.05, 4.69) is 5.32 Å². The standard InChI is InChI=1S/C31H27F5IN3O5/c1-30-12-5-13-40(30)39(15-16-8-10-20(37)25(33)24(16)32)29(43)23(27(30)41)28(42)38-21-11-9-17(31(34,35)36)14-19(21)18-6-4-7-22(44-2)26(18)45-3/h4,6-11,14,41H,5,12-13,15H2,1-3H3,(H,38,42). The van der Waals surface area contributed by atoms with Gasteiger partial charge in [0.1, 0.15) is 11.3 Å². The molecule has 2 amide bonds. The number of aliphatic hydroxyl groups is 1. The zero-order chi connectivity index (χ0) is 32.8. The summed E-state index contributed by atoms with van der Waals surface area (Å²) >= 11 is 1.64. The van der Waals surface area contributed by atoms with Gasteiger partial charge in [0.25, 0.3) is 11.8 Å². The summed E-state index contributed by atoms with van der Waals surface area (Å²) < 4.78 is 81.3. The van der Waals surface area contributed by atoms with E-state index in [0.717, 1.165) is 23.2 Å². The normalized spacial score (nSPS) is 18.7. The number of alkyl halides is 3. The summed E-state index contributed by atoms with van der Waals surface area (Å²) in [5, 5.41) is 16.4. The molecule has 8 nitrogen and oxygen atoms in total. The SMILES string of the molecule is COc1cccc(-c2cc(C(F)(F)F)ccc2NC(=O)C2=C(O)C3(C)CCCN3N(Cc3ccc(I)c(F)c3F)C2=O)c1OC. The van der Waals surface area contributed by atoms with E-state index < -0.39 is 58.6 Å². The second-order valence-corrected chi connectivity index (χ2v) is 11.8. The fourth-order valence-electron chi connectivity index (χ4n) is 5.73. The first kappa shape index (κ1) is 32.5. The molecule has 2 aliphatic heterocycles. The van der Waals surface area contributed by atoms with Crippen LogP contribution in [0.4, 0.5) is 27.6 Å². The molecular formula is C31H27F5IN3O5. The number of amides is 2. The number of ether oxygens (including phenoxy) is 2. The lowest BCUT2D eigenvalue weighted by Crippen LogP contribution is -2.60. The Balaban J connectivity index is 1.58. The Morgan fingerprint density at radius 1 is 1.07 bits per heavy atom. The molecule has 0 spiro atoms. The number of hydrogen-bond acceptors (Lipinski definition) is 6. The predicted octanol–water partition coefficient (Wildman–Crippen LogP) is 6.83. The number of nitrogens with zero attached hydrogens (tertiary/aromatic N) is 2. The van der Waals surface area contributed by atoms with E-state index in [4.69, 9.17) is 9.47 Å². The van der Waals surface area contributed by atoms with Gasteiger partial charge in [-0.15, -0.1) is 0 Å². The van der Waals surface area contributed by atoms with Crippen LogP contribution >= 0.6 is 22.6 Å². The molecule has 2 N–H and O–H groups in total. The van der Waals surface area contributed by atoms with Crippen LogP contribution in [0.2, 0.25) is 0 Å². The summed E-state index contributed by atoms with van der Waals surface area (Å²) in [6.07, 6.45) is -3.88. The molecule has 0 saturated carbocycles. The van der Waals surface area contributed by atoms with Gasteiger partial charge in [0.2, 0.25) is 0 Å².